The number of hydrogen-bond acceptors (Lipinski definition) is 5. The molecule has 2 aliphatic carbocycles. The molecule has 3 rings (SSSR count). The third-order valence-corrected chi connectivity index (χ3v) is 6.63. The van der Waals surface area contributed by atoms with Crippen LogP contribution in [0.15, 0.2) is 16.7 Å². The molecule has 2 unspecified atom stereocenters. The van der Waals surface area contributed by atoms with E-state index < -0.39 is 5.41 Å². The average Bonchev–Trinajstić information content (AvgIpc) is 3.01. The van der Waals surface area contributed by atoms with Crippen LogP contribution in [-0.2, 0) is 4.79 Å². The van der Waals surface area contributed by atoms with Crippen LogP contribution in [-0.4, -0.2) is 21.8 Å². The molecule has 1 aromatic rings. The first-order valence-electron chi connectivity index (χ1n) is 6.80. The molecule has 1 aromatic heterocycles. The molecule has 2 fully saturated rings. The van der Waals surface area contributed by atoms with Gasteiger partial charge in [-0.15, -0.1) is 11.3 Å². The van der Waals surface area contributed by atoms with Crippen molar-refractivity contribution in [3.63, 3.8) is 0 Å². The molecule has 0 spiro atoms. The van der Waals surface area contributed by atoms with Gasteiger partial charge in [0.15, 0.2) is 5.13 Å². The monoisotopic (exact) mass is 293 g/mol. The summed E-state index contributed by atoms with van der Waals surface area (Å²) < 4.78 is 0. The number of nitrogens with one attached hydrogen (secondary N) is 1. The molecule has 2 aliphatic rings. The van der Waals surface area contributed by atoms with Crippen molar-refractivity contribution in [2.45, 2.75) is 40.0 Å². The van der Waals surface area contributed by atoms with E-state index in [0.29, 0.717) is 11.6 Å². The number of oxime groups is 1. The zero-order chi connectivity index (χ0) is 14.6. The molecule has 0 aliphatic heterocycles. The lowest BCUT2D eigenvalue weighted by Crippen LogP contribution is -2.43. The minimum Gasteiger partial charge on any atom is -0.411 e. The van der Waals surface area contributed by atoms with Gasteiger partial charge in [0, 0.05) is 23.4 Å². The molecule has 2 bridgehead atoms. The molecule has 5 nitrogen and oxygen atoms in total. The molecule has 6 heteroatoms. The van der Waals surface area contributed by atoms with Crippen LogP contribution in [0.5, 0.6) is 0 Å². The second kappa shape index (κ2) is 4.04. The van der Waals surface area contributed by atoms with Crippen LogP contribution in [0.4, 0.5) is 5.13 Å². The number of carbonyl (C=O) groups excluding carboxylic acids is 1. The van der Waals surface area contributed by atoms with Crippen LogP contribution in [0.25, 0.3) is 0 Å². The normalized spacial score (nSPS) is 36.5. The van der Waals surface area contributed by atoms with Crippen molar-refractivity contribution in [2.24, 2.45) is 21.4 Å². The molecule has 0 radical (unpaired) electrons. The van der Waals surface area contributed by atoms with E-state index in [1.165, 1.54) is 11.3 Å². The Bertz CT molecular complexity index is 581. The van der Waals surface area contributed by atoms with Crippen LogP contribution in [0, 0.1) is 16.2 Å². The topological polar surface area (TPSA) is 74.6 Å². The minimum atomic E-state index is -0.505. The summed E-state index contributed by atoms with van der Waals surface area (Å²) in [5, 5.41) is 18.2. The van der Waals surface area contributed by atoms with Crippen LogP contribution in [0.3, 0.4) is 0 Å². The number of nitrogens with zero attached hydrogens (tertiary/aromatic N) is 2. The van der Waals surface area contributed by atoms with Gasteiger partial charge < -0.3 is 10.5 Å². The number of rotatable bonds is 2. The highest BCUT2D eigenvalue weighted by Crippen LogP contribution is 2.71. The second-order valence-electron chi connectivity index (χ2n) is 6.55. The molecule has 20 heavy (non-hydrogen) atoms. The fraction of sp³-hybridized carbons (Fsp3) is 0.643. The summed E-state index contributed by atoms with van der Waals surface area (Å²) >= 11 is 1.42. The van der Waals surface area contributed by atoms with Crippen LogP contribution >= 0.6 is 11.3 Å². The van der Waals surface area contributed by atoms with E-state index in [9.17, 15) is 10.0 Å². The number of thiazole rings is 1. The molecule has 2 atom stereocenters. The first kappa shape index (κ1) is 13.5. The molecule has 0 saturated heterocycles. The maximum absolute atomic E-state index is 12.8. The van der Waals surface area contributed by atoms with E-state index in [2.05, 4.69) is 36.2 Å². The van der Waals surface area contributed by atoms with E-state index in [1.807, 2.05) is 5.38 Å². The summed E-state index contributed by atoms with van der Waals surface area (Å²) in [5.41, 5.74) is -0.192. The van der Waals surface area contributed by atoms with Crippen molar-refractivity contribution < 1.29 is 10.0 Å². The van der Waals surface area contributed by atoms with Gasteiger partial charge in [0.1, 0.15) is 0 Å². The van der Waals surface area contributed by atoms with Crippen molar-refractivity contribution in [1.82, 2.24) is 4.98 Å². The number of hydrogen-bond donors (Lipinski definition) is 2. The fourth-order valence-electron chi connectivity index (χ4n) is 4.04. The Balaban J connectivity index is 1.98. The quantitative estimate of drug-likeness (QED) is 0.650. The predicted molar refractivity (Wildman–Crippen MR) is 78.1 cm³/mol. The van der Waals surface area contributed by atoms with Gasteiger partial charge in [-0.05, 0) is 18.3 Å². The predicted octanol–water partition coefficient (Wildman–Crippen LogP) is 3.13. The standard InChI is InChI=1S/C14H19N3O2S/c1-12(2)13(3)4-5-14(12,8-9(13)17-19)10(18)16-11-15-6-7-20-11/h6-7,19H,4-5,8H2,1-3H3,(H,15,16,18)/b17-9+. The highest BCUT2D eigenvalue weighted by atomic mass is 32.1. The molecule has 1 amide bonds. The highest BCUT2D eigenvalue weighted by Gasteiger charge is 2.71. The zero-order valence-corrected chi connectivity index (χ0v) is 12.8. The Morgan fingerprint density at radius 2 is 2.20 bits per heavy atom. The summed E-state index contributed by atoms with van der Waals surface area (Å²) in [6.07, 6.45) is 3.92. The number of carbonyl (C=O) groups is 1. The maximum Gasteiger partial charge on any atom is 0.233 e. The van der Waals surface area contributed by atoms with E-state index in [4.69, 9.17) is 0 Å². The smallest absolute Gasteiger partial charge is 0.233 e. The van der Waals surface area contributed by atoms with Gasteiger partial charge in [0.05, 0.1) is 11.1 Å². The van der Waals surface area contributed by atoms with E-state index in [-0.39, 0.29) is 16.7 Å². The Labute approximate surface area is 122 Å². The van der Waals surface area contributed by atoms with E-state index >= 15 is 0 Å². The van der Waals surface area contributed by atoms with Gasteiger partial charge in [-0.25, -0.2) is 4.98 Å². The van der Waals surface area contributed by atoms with E-state index in [1.54, 1.807) is 6.20 Å². The molecule has 2 saturated carbocycles. The van der Waals surface area contributed by atoms with Crippen LogP contribution < -0.4 is 5.32 Å². The van der Waals surface area contributed by atoms with Crippen LogP contribution in [0.1, 0.15) is 40.0 Å². The first-order chi connectivity index (χ1) is 9.37. The summed E-state index contributed by atoms with van der Waals surface area (Å²) in [6.45, 7) is 6.33. The zero-order valence-electron chi connectivity index (χ0n) is 11.9. The van der Waals surface area contributed by atoms with Crippen molar-refractivity contribution in [1.29, 1.82) is 0 Å². The molecular formula is C14H19N3O2S. The van der Waals surface area contributed by atoms with Gasteiger partial charge in [-0.1, -0.05) is 25.9 Å². The molecule has 0 aromatic carbocycles. The minimum absolute atomic E-state index is 0.000162. The average molecular weight is 293 g/mol. The number of aromatic nitrogens is 1. The molecule has 1 heterocycles. The SMILES string of the molecule is CC12CCC(C(=O)Nc3nccs3)(C/C1=N\O)C2(C)C. The van der Waals surface area contributed by atoms with Crippen molar-refractivity contribution in [3.8, 4) is 0 Å². The third kappa shape index (κ3) is 1.40. The van der Waals surface area contributed by atoms with Crippen LogP contribution in [0.2, 0.25) is 0 Å². The fourth-order valence-corrected chi connectivity index (χ4v) is 4.56. The summed E-state index contributed by atoms with van der Waals surface area (Å²) in [5.74, 6) is -0.000162. The lowest BCUT2D eigenvalue weighted by Gasteiger charge is -2.39. The van der Waals surface area contributed by atoms with Gasteiger partial charge in [0.2, 0.25) is 5.91 Å². The first-order valence-corrected chi connectivity index (χ1v) is 7.68. The Kier molecular flexibility index (Phi) is 2.73. The Morgan fingerprint density at radius 3 is 2.75 bits per heavy atom. The largest absolute Gasteiger partial charge is 0.411 e. The van der Waals surface area contributed by atoms with Gasteiger partial charge in [-0.2, -0.15) is 0 Å². The Hall–Kier alpha value is -1.43. The van der Waals surface area contributed by atoms with Gasteiger partial charge >= 0.3 is 0 Å². The molecule has 2 N–H and O–H groups in total. The van der Waals surface area contributed by atoms with Crippen molar-refractivity contribution >= 4 is 28.1 Å². The van der Waals surface area contributed by atoms with E-state index in [0.717, 1.165) is 18.6 Å². The number of fused-ring (bicyclic) bond motifs is 2. The second-order valence-corrected chi connectivity index (χ2v) is 7.45. The maximum atomic E-state index is 12.8. The van der Waals surface area contributed by atoms with Crippen molar-refractivity contribution in [3.05, 3.63) is 11.6 Å². The summed E-state index contributed by atoms with van der Waals surface area (Å²) in [7, 11) is 0. The van der Waals surface area contributed by atoms with Gasteiger partial charge in [0.25, 0.3) is 0 Å². The number of amides is 1. The molecule has 108 valence electrons. The lowest BCUT2D eigenvalue weighted by atomic mass is 9.64. The third-order valence-electron chi connectivity index (χ3n) is 5.94. The summed E-state index contributed by atoms with van der Waals surface area (Å²) in [6, 6.07) is 0. The lowest BCUT2D eigenvalue weighted by molar-refractivity contribution is -0.130. The number of anilines is 1. The molecular weight excluding hydrogens is 274 g/mol. The van der Waals surface area contributed by atoms with Crippen molar-refractivity contribution in [2.75, 3.05) is 5.32 Å². The summed E-state index contributed by atoms with van der Waals surface area (Å²) in [4.78, 5) is 16.9. The van der Waals surface area contributed by atoms with Gasteiger partial charge in [-0.3, -0.25) is 4.79 Å². The highest BCUT2D eigenvalue weighted by molar-refractivity contribution is 7.13. The Morgan fingerprint density at radius 1 is 1.45 bits per heavy atom.